The first-order chi connectivity index (χ1) is 29.5. The number of ether oxygens (including phenoxy) is 1. The van der Waals surface area contributed by atoms with Gasteiger partial charge in [-0.2, -0.15) is 5.10 Å². The maximum Gasteiger partial charge on any atom is 0.329 e. The summed E-state index contributed by atoms with van der Waals surface area (Å²) in [6.45, 7) is 2.94. The zero-order chi connectivity index (χ0) is 42.6. The molecule has 0 spiro atoms. The number of hydrogen-bond acceptors (Lipinski definition) is 10. The summed E-state index contributed by atoms with van der Waals surface area (Å²) in [7, 11) is 3.79. The third-order valence-corrected chi connectivity index (χ3v) is 12.3. The van der Waals surface area contributed by atoms with E-state index in [2.05, 4.69) is 37.6 Å². The minimum atomic E-state index is -2.86. The van der Waals surface area contributed by atoms with Crippen LogP contribution in [0.5, 0.6) is 0 Å². The standard InChI is InChI=1S/C44H53F2N9O6/c1-52(19-3-20-60-21-17-28-9-13-35-37(22-28)53(2)44(59)55(35)36-14-15-38(56)50-42(36)58)24-29-7-11-32(12-8-29)54-25-33(39(51-54)40(45)46)48-41(57)34-26-61-43(49-34)30-16-18-47-31(23-30)10-6-27-4-5-27/h9,13,16,18,22-23,25-27,29,32,36,40H,3-8,10-12,14-15,17,19-21,24H2,1-2H3,(H,48,57)(H,50,56,58). The predicted octanol–water partition coefficient (Wildman–Crippen LogP) is 6.41. The molecule has 0 radical (unpaired) electrons. The number of nitrogens with one attached hydrogen (secondary N) is 2. The van der Waals surface area contributed by atoms with E-state index in [0.29, 0.717) is 43.1 Å². The van der Waals surface area contributed by atoms with E-state index in [1.54, 1.807) is 24.0 Å². The van der Waals surface area contributed by atoms with E-state index in [1.165, 1.54) is 34.4 Å². The van der Waals surface area contributed by atoms with E-state index in [9.17, 15) is 28.0 Å². The van der Waals surface area contributed by atoms with E-state index in [-0.39, 0.29) is 41.3 Å². The Labute approximate surface area is 351 Å². The van der Waals surface area contributed by atoms with Gasteiger partial charge in [-0.3, -0.25) is 38.5 Å². The second-order valence-electron chi connectivity index (χ2n) is 16.9. The van der Waals surface area contributed by atoms with Gasteiger partial charge in [-0.25, -0.2) is 18.6 Å². The van der Waals surface area contributed by atoms with Crippen LogP contribution in [-0.4, -0.2) is 84.9 Å². The predicted molar refractivity (Wildman–Crippen MR) is 222 cm³/mol. The van der Waals surface area contributed by atoms with Crippen LogP contribution in [0.4, 0.5) is 14.5 Å². The van der Waals surface area contributed by atoms with Crippen LogP contribution in [-0.2, 0) is 34.2 Å². The smallest absolute Gasteiger partial charge is 0.329 e. The molecule has 61 heavy (non-hydrogen) atoms. The summed E-state index contributed by atoms with van der Waals surface area (Å²) in [5.41, 5.74) is 3.25. The number of imidazole rings is 1. The highest BCUT2D eigenvalue weighted by Gasteiger charge is 2.32. The van der Waals surface area contributed by atoms with Crippen LogP contribution in [0, 0.1) is 11.8 Å². The third-order valence-electron chi connectivity index (χ3n) is 12.3. The molecule has 1 aliphatic heterocycles. The number of carbonyl (C=O) groups is 3. The van der Waals surface area contributed by atoms with E-state index >= 15 is 0 Å². The number of rotatable bonds is 18. The Bertz CT molecular complexity index is 2430. The van der Waals surface area contributed by atoms with Crippen molar-refractivity contribution in [1.82, 2.24) is 39.1 Å². The van der Waals surface area contributed by atoms with Gasteiger partial charge in [-0.1, -0.05) is 18.9 Å². The number of hydrogen-bond donors (Lipinski definition) is 2. The lowest BCUT2D eigenvalue weighted by Gasteiger charge is -2.31. The number of amides is 3. The maximum absolute atomic E-state index is 14.1. The van der Waals surface area contributed by atoms with Gasteiger partial charge in [-0.15, -0.1) is 0 Å². The summed E-state index contributed by atoms with van der Waals surface area (Å²) < 4.78 is 44.4. The number of benzene rings is 1. The molecule has 3 amide bonds. The van der Waals surface area contributed by atoms with E-state index in [1.807, 2.05) is 24.3 Å². The fourth-order valence-electron chi connectivity index (χ4n) is 8.70. The van der Waals surface area contributed by atoms with Crippen molar-refractivity contribution in [2.45, 2.75) is 95.6 Å². The number of fused-ring (bicyclic) bond motifs is 1. The van der Waals surface area contributed by atoms with Crippen molar-refractivity contribution in [3.05, 3.63) is 82.1 Å². The van der Waals surface area contributed by atoms with Crippen LogP contribution in [0.3, 0.4) is 0 Å². The van der Waals surface area contributed by atoms with Crippen LogP contribution < -0.4 is 16.3 Å². The summed E-state index contributed by atoms with van der Waals surface area (Å²) in [5.74, 6) is 0.0964. The van der Waals surface area contributed by atoms with Gasteiger partial charge in [0.15, 0.2) is 11.4 Å². The molecule has 5 aromatic rings. The molecule has 1 aromatic carbocycles. The van der Waals surface area contributed by atoms with Gasteiger partial charge in [-0.05, 0) is 106 Å². The molecule has 2 aliphatic carbocycles. The molecule has 5 heterocycles. The number of imide groups is 1. The van der Waals surface area contributed by atoms with Crippen molar-refractivity contribution in [3.63, 3.8) is 0 Å². The molecule has 1 unspecified atom stereocenters. The van der Waals surface area contributed by atoms with Crippen molar-refractivity contribution < 1.29 is 32.3 Å². The van der Waals surface area contributed by atoms with Gasteiger partial charge in [0, 0.05) is 56.8 Å². The van der Waals surface area contributed by atoms with Crippen molar-refractivity contribution in [2.24, 2.45) is 18.9 Å². The van der Waals surface area contributed by atoms with Crippen LogP contribution in [0.25, 0.3) is 22.5 Å². The lowest BCUT2D eigenvalue weighted by atomic mass is 9.86. The Hall–Kier alpha value is -5.55. The molecule has 4 aromatic heterocycles. The Morgan fingerprint density at radius 1 is 1.02 bits per heavy atom. The minimum Gasteiger partial charge on any atom is -0.444 e. The summed E-state index contributed by atoms with van der Waals surface area (Å²) >= 11 is 0. The number of oxazole rings is 1. The minimum absolute atomic E-state index is 0.0129. The zero-order valence-electron chi connectivity index (χ0n) is 34.7. The van der Waals surface area contributed by atoms with E-state index in [0.717, 1.165) is 80.7 Å². The second kappa shape index (κ2) is 18.6. The largest absolute Gasteiger partial charge is 0.444 e. The van der Waals surface area contributed by atoms with Crippen LogP contribution >= 0.6 is 0 Å². The molecule has 3 fully saturated rings. The molecule has 0 bridgehead atoms. The fraction of sp³-hybridized carbons (Fsp3) is 0.523. The van der Waals surface area contributed by atoms with Crippen molar-refractivity contribution in [2.75, 3.05) is 38.7 Å². The SMILES string of the molecule is CN(CCCOCCc1ccc2c(c1)n(C)c(=O)n2C1CCC(=O)NC1=O)CC1CCC(n2cc(NC(=O)c3coc(-c4ccnc(CCC5CC5)c4)n3)c(C(F)F)n2)CC1. The molecule has 324 valence electrons. The highest BCUT2D eigenvalue weighted by atomic mass is 19.3. The first-order valence-electron chi connectivity index (χ1n) is 21.4. The van der Waals surface area contributed by atoms with Gasteiger partial charge in [0.25, 0.3) is 12.3 Å². The highest BCUT2D eigenvalue weighted by molar-refractivity contribution is 6.03. The monoisotopic (exact) mass is 841 g/mol. The first kappa shape index (κ1) is 42.2. The molecular weight excluding hydrogens is 789 g/mol. The average Bonchev–Trinajstić information content (AvgIpc) is 3.66. The van der Waals surface area contributed by atoms with Crippen molar-refractivity contribution >= 4 is 34.4 Å². The number of anilines is 1. The van der Waals surface area contributed by atoms with E-state index in [4.69, 9.17) is 9.15 Å². The molecule has 1 atom stereocenters. The summed E-state index contributed by atoms with van der Waals surface area (Å²) in [6.07, 6.45) is 11.6. The average molecular weight is 842 g/mol. The number of aromatic nitrogens is 6. The van der Waals surface area contributed by atoms with Crippen molar-refractivity contribution in [1.29, 1.82) is 0 Å². The summed E-state index contributed by atoms with van der Waals surface area (Å²) in [6, 6.07) is 8.67. The number of aryl methyl sites for hydroxylation is 2. The number of alkyl halides is 2. The molecule has 2 N–H and O–H groups in total. The lowest BCUT2D eigenvalue weighted by molar-refractivity contribution is -0.135. The van der Waals surface area contributed by atoms with Crippen LogP contribution in [0.2, 0.25) is 0 Å². The van der Waals surface area contributed by atoms with Gasteiger partial charge in [0.2, 0.25) is 17.7 Å². The second-order valence-corrected chi connectivity index (χ2v) is 16.9. The zero-order valence-corrected chi connectivity index (χ0v) is 34.7. The third kappa shape index (κ3) is 9.99. The fourth-order valence-corrected chi connectivity index (χ4v) is 8.70. The molecule has 17 heteroatoms. The normalized spacial score (nSPS) is 19.6. The molecule has 2 saturated carbocycles. The van der Waals surface area contributed by atoms with Crippen molar-refractivity contribution in [3.8, 4) is 11.5 Å². The summed E-state index contributed by atoms with van der Waals surface area (Å²) in [5, 5.41) is 9.17. The van der Waals surface area contributed by atoms with Crippen LogP contribution in [0.1, 0.15) is 110 Å². The first-order valence-corrected chi connectivity index (χ1v) is 21.4. The number of pyridine rings is 1. The van der Waals surface area contributed by atoms with Crippen LogP contribution in [0.15, 0.2) is 58.2 Å². The topological polar surface area (TPSA) is 171 Å². The molecule has 3 aliphatic rings. The van der Waals surface area contributed by atoms with E-state index < -0.39 is 30.0 Å². The number of nitrogens with zero attached hydrogens (tertiary/aromatic N) is 7. The van der Waals surface area contributed by atoms with Gasteiger partial charge < -0.3 is 19.4 Å². The Balaban J connectivity index is 0.757. The molecule has 15 nitrogen and oxygen atoms in total. The van der Waals surface area contributed by atoms with Gasteiger partial charge in [0.05, 0.1) is 29.4 Å². The summed E-state index contributed by atoms with van der Waals surface area (Å²) in [4.78, 5) is 61.4. The number of carbonyl (C=O) groups excluding carboxylic acids is 3. The number of halogens is 2. The molecule has 1 saturated heterocycles. The lowest BCUT2D eigenvalue weighted by Crippen LogP contribution is -2.44. The molecular formula is C44H53F2N9O6. The Morgan fingerprint density at radius 2 is 1.82 bits per heavy atom. The van der Waals surface area contributed by atoms with Gasteiger partial charge in [0.1, 0.15) is 12.3 Å². The molecule has 8 rings (SSSR count). The highest BCUT2D eigenvalue weighted by Crippen LogP contribution is 2.36. The maximum atomic E-state index is 14.1. The quantitative estimate of drug-likeness (QED) is 0.0743. The number of piperidine rings is 1. The Kier molecular flexibility index (Phi) is 12.9. The van der Waals surface area contributed by atoms with Gasteiger partial charge >= 0.3 is 5.69 Å². The Morgan fingerprint density at radius 3 is 2.59 bits per heavy atom.